The third kappa shape index (κ3) is 3.17. The SMILES string of the molecule is CCNc1cncc(Nc2cccc(C)c2)n1. The van der Waals surface area contributed by atoms with Crippen LogP contribution in [0.5, 0.6) is 0 Å². The normalized spacial score (nSPS) is 10.0. The molecule has 17 heavy (non-hydrogen) atoms. The Hall–Kier alpha value is -2.10. The second-order valence-corrected chi connectivity index (χ2v) is 3.81. The Morgan fingerprint density at radius 3 is 2.76 bits per heavy atom. The van der Waals surface area contributed by atoms with Gasteiger partial charge in [-0.25, -0.2) is 4.98 Å². The van der Waals surface area contributed by atoms with E-state index in [1.165, 1.54) is 5.56 Å². The summed E-state index contributed by atoms with van der Waals surface area (Å²) >= 11 is 0. The molecular formula is C13H16N4. The molecular weight excluding hydrogens is 212 g/mol. The van der Waals surface area contributed by atoms with Gasteiger partial charge in [0.25, 0.3) is 0 Å². The molecule has 2 rings (SSSR count). The number of benzene rings is 1. The van der Waals surface area contributed by atoms with E-state index >= 15 is 0 Å². The zero-order valence-electron chi connectivity index (χ0n) is 10.1. The molecule has 0 bridgehead atoms. The first-order valence-electron chi connectivity index (χ1n) is 5.67. The number of rotatable bonds is 4. The van der Waals surface area contributed by atoms with Crippen LogP contribution in [0.3, 0.4) is 0 Å². The highest BCUT2D eigenvalue weighted by molar-refractivity contribution is 5.57. The minimum Gasteiger partial charge on any atom is -0.369 e. The summed E-state index contributed by atoms with van der Waals surface area (Å²) in [6.07, 6.45) is 3.42. The molecule has 1 heterocycles. The second kappa shape index (κ2) is 5.30. The van der Waals surface area contributed by atoms with E-state index in [1.807, 2.05) is 19.1 Å². The molecule has 2 aromatic rings. The second-order valence-electron chi connectivity index (χ2n) is 3.81. The number of nitrogens with zero attached hydrogens (tertiary/aromatic N) is 2. The quantitative estimate of drug-likeness (QED) is 0.844. The fraction of sp³-hybridized carbons (Fsp3) is 0.231. The van der Waals surface area contributed by atoms with Gasteiger partial charge in [-0.1, -0.05) is 12.1 Å². The van der Waals surface area contributed by atoms with Crippen LogP contribution in [0.1, 0.15) is 12.5 Å². The first-order chi connectivity index (χ1) is 8.28. The summed E-state index contributed by atoms with van der Waals surface area (Å²) in [7, 11) is 0. The average Bonchev–Trinajstić information content (AvgIpc) is 2.30. The van der Waals surface area contributed by atoms with Gasteiger partial charge >= 0.3 is 0 Å². The van der Waals surface area contributed by atoms with Crippen LogP contribution in [0, 0.1) is 6.92 Å². The summed E-state index contributed by atoms with van der Waals surface area (Å²) < 4.78 is 0. The minimum absolute atomic E-state index is 0.744. The predicted octanol–water partition coefficient (Wildman–Crippen LogP) is 2.96. The standard InChI is InChI=1S/C13H16N4/c1-3-15-12-8-14-9-13(17-12)16-11-6-4-5-10(2)7-11/h4-9H,3H2,1-2H3,(H2,15,16,17). The molecule has 4 heteroatoms. The van der Waals surface area contributed by atoms with Crippen LogP contribution in [0.4, 0.5) is 17.3 Å². The van der Waals surface area contributed by atoms with E-state index in [1.54, 1.807) is 12.4 Å². The lowest BCUT2D eigenvalue weighted by Crippen LogP contribution is -2.02. The monoisotopic (exact) mass is 228 g/mol. The van der Waals surface area contributed by atoms with Gasteiger partial charge in [0, 0.05) is 12.2 Å². The minimum atomic E-state index is 0.744. The molecule has 0 saturated heterocycles. The third-order valence-corrected chi connectivity index (χ3v) is 2.28. The molecule has 4 nitrogen and oxygen atoms in total. The molecule has 1 aromatic carbocycles. The highest BCUT2D eigenvalue weighted by Gasteiger charge is 1.98. The largest absolute Gasteiger partial charge is 0.369 e. The molecule has 0 atom stereocenters. The van der Waals surface area contributed by atoms with Gasteiger partial charge in [0.2, 0.25) is 0 Å². The smallest absolute Gasteiger partial charge is 0.151 e. The van der Waals surface area contributed by atoms with E-state index in [2.05, 4.69) is 39.7 Å². The Labute approximate surface area is 101 Å². The first-order valence-corrected chi connectivity index (χ1v) is 5.67. The van der Waals surface area contributed by atoms with Gasteiger partial charge in [-0.2, -0.15) is 0 Å². The van der Waals surface area contributed by atoms with Crippen LogP contribution in [0.25, 0.3) is 0 Å². The van der Waals surface area contributed by atoms with Crippen LogP contribution in [0.15, 0.2) is 36.7 Å². The molecule has 0 saturated carbocycles. The van der Waals surface area contributed by atoms with Crippen LogP contribution in [-0.4, -0.2) is 16.5 Å². The van der Waals surface area contributed by atoms with E-state index in [9.17, 15) is 0 Å². The summed E-state index contributed by atoms with van der Waals surface area (Å²) in [5, 5.41) is 6.36. The van der Waals surface area contributed by atoms with Gasteiger partial charge in [0.15, 0.2) is 5.82 Å². The van der Waals surface area contributed by atoms with Gasteiger partial charge in [-0.3, -0.25) is 4.98 Å². The van der Waals surface area contributed by atoms with Gasteiger partial charge < -0.3 is 10.6 Å². The molecule has 2 N–H and O–H groups in total. The molecule has 0 aliphatic carbocycles. The van der Waals surface area contributed by atoms with Crippen molar-refractivity contribution in [2.75, 3.05) is 17.2 Å². The molecule has 0 spiro atoms. The zero-order chi connectivity index (χ0) is 12.1. The first kappa shape index (κ1) is 11.4. The van der Waals surface area contributed by atoms with Crippen molar-refractivity contribution >= 4 is 17.3 Å². The molecule has 88 valence electrons. The predicted molar refractivity (Wildman–Crippen MR) is 70.7 cm³/mol. The van der Waals surface area contributed by atoms with Crippen LogP contribution >= 0.6 is 0 Å². The summed E-state index contributed by atoms with van der Waals surface area (Å²) in [6.45, 7) is 4.93. The lowest BCUT2D eigenvalue weighted by molar-refractivity contribution is 1.12. The Balaban J connectivity index is 2.15. The van der Waals surface area contributed by atoms with Gasteiger partial charge in [0.05, 0.1) is 12.4 Å². The molecule has 0 fully saturated rings. The summed E-state index contributed by atoms with van der Waals surface area (Å²) in [4.78, 5) is 8.54. The van der Waals surface area contributed by atoms with E-state index in [-0.39, 0.29) is 0 Å². The van der Waals surface area contributed by atoms with E-state index < -0.39 is 0 Å². The average molecular weight is 228 g/mol. The van der Waals surface area contributed by atoms with Crippen LogP contribution < -0.4 is 10.6 Å². The maximum absolute atomic E-state index is 4.40. The fourth-order valence-corrected chi connectivity index (χ4v) is 1.56. The van der Waals surface area contributed by atoms with Crippen LogP contribution in [0.2, 0.25) is 0 Å². The summed E-state index contributed by atoms with van der Waals surface area (Å²) in [5.74, 6) is 1.53. The van der Waals surface area contributed by atoms with Crippen molar-refractivity contribution in [2.24, 2.45) is 0 Å². The third-order valence-electron chi connectivity index (χ3n) is 2.28. The number of aryl methyl sites for hydroxylation is 1. The van der Waals surface area contributed by atoms with Crippen molar-refractivity contribution in [1.82, 2.24) is 9.97 Å². The number of hydrogen-bond donors (Lipinski definition) is 2. The lowest BCUT2D eigenvalue weighted by atomic mass is 10.2. The molecule has 1 aromatic heterocycles. The number of nitrogens with one attached hydrogen (secondary N) is 2. The zero-order valence-corrected chi connectivity index (χ0v) is 10.1. The Kier molecular flexibility index (Phi) is 3.55. The number of hydrogen-bond acceptors (Lipinski definition) is 4. The number of anilines is 3. The maximum atomic E-state index is 4.40. The molecule has 0 aliphatic heterocycles. The topological polar surface area (TPSA) is 49.8 Å². The van der Waals surface area contributed by atoms with Gasteiger partial charge in [-0.05, 0) is 31.5 Å². The number of aromatic nitrogens is 2. The highest BCUT2D eigenvalue weighted by atomic mass is 15.1. The van der Waals surface area contributed by atoms with Gasteiger partial charge in [-0.15, -0.1) is 0 Å². The van der Waals surface area contributed by atoms with Crippen LogP contribution in [-0.2, 0) is 0 Å². The van der Waals surface area contributed by atoms with Crippen molar-refractivity contribution in [3.63, 3.8) is 0 Å². The molecule has 0 aliphatic rings. The van der Waals surface area contributed by atoms with E-state index in [0.717, 1.165) is 23.9 Å². The van der Waals surface area contributed by atoms with Gasteiger partial charge in [0.1, 0.15) is 5.82 Å². The molecule has 0 unspecified atom stereocenters. The van der Waals surface area contributed by atoms with Crippen molar-refractivity contribution in [2.45, 2.75) is 13.8 Å². The highest BCUT2D eigenvalue weighted by Crippen LogP contribution is 2.16. The summed E-state index contributed by atoms with van der Waals surface area (Å²) in [6, 6.07) is 8.15. The Morgan fingerprint density at radius 1 is 1.18 bits per heavy atom. The molecule has 0 radical (unpaired) electrons. The summed E-state index contributed by atoms with van der Waals surface area (Å²) in [5.41, 5.74) is 2.23. The van der Waals surface area contributed by atoms with Crippen molar-refractivity contribution in [3.05, 3.63) is 42.2 Å². The Morgan fingerprint density at radius 2 is 2.00 bits per heavy atom. The fourth-order valence-electron chi connectivity index (χ4n) is 1.56. The maximum Gasteiger partial charge on any atom is 0.151 e. The van der Waals surface area contributed by atoms with Crippen molar-refractivity contribution < 1.29 is 0 Å². The molecule has 0 amide bonds. The van der Waals surface area contributed by atoms with Crippen molar-refractivity contribution in [1.29, 1.82) is 0 Å². The lowest BCUT2D eigenvalue weighted by Gasteiger charge is -2.07. The van der Waals surface area contributed by atoms with E-state index in [0.29, 0.717) is 0 Å². The van der Waals surface area contributed by atoms with E-state index in [4.69, 9.17) is 0 Å². The Bertz CT molecular complexity index is 496. The van der Waals surface area contributed by atoms with Crippen molar-refractivity contribution in [3.8, 4) is 0 Å².